The van der Waals surface area contributed by atoms with Crippen LogP contribution in [0, 0.1) is 0 Å². The molecule has 0 atom stereocenters. The number of nitrogens with zero attached hydrogens (tertiary/aromatic N) is 3. The van der Waals surface area contributed by atoms with Crippen LogP contribution in [0.3, 0.4) is 0 Å². The van der Waals surface area contributed by atoms with E-state index in [0.717, 1.165) is 68.9 Å². The first-order valence-electron chi connectivity index (χ1n) is 11.5. The number of ether oxygens (including phenoxy) is 1. The monoisotopic (exact) mass is 436 g/mol. The molecule has 170 valence electrons. The summed E-state index contributed by atoms with van der Waals surface area (Å²) in [6, 6.07) is 11.9. The number of piperidine rings is 2. The summed E-state index contributed by atoms with van der Waals surface area (Å²) in [5.74, 6) is 0.984. The molecular weight excluding hydrogens is 404 g/mol. The minimum atomic E-state index is -0.0952. The smallest absolute Gasteiger partial charge is 0.226 e. The first-order chi connectivity index (χ1) is 15.6. The van der Waals surface area contributed by atoms with E-state index in [0.29, 0.717) is 12.5 Å². The van der Waals surface area contributed by atoms with E-state index in [2.05, 4.69) is 15.2 Å². The lowest BCUT2D eigenvalue weighted by molar-refractivity contribution is -0.132. The van der Waals surface area contributed by atoms with E-state index in [1.165, 1.54) is 6.92 Å². The maximum Gasteiger partial charge on any atom is 0.226 e. The van der Waals surface area contributed by atoms with Crippen LogP contribution in [0.5, 0.6) is 5.75 Å². The highest BCUT2D eigenvalue weighted by molar-refractivity contribution is 5.88. The van der Waals surface area contributed by atoms with E-state index in [1.54, 1.807) is 12.4 Å². The molecule has 4 rings (SSSR count). The van der Waals surface area contributed by atoms with Crippen molar-refractivity contribution in [3.8, 4) is 5.75 Å². The standard InChI is InChI=1S/C25H32N4O3/c1-19(30)27-21-4-2-20(3-5-21)18-25(31)29-14-8-22(9-15-29)28-16-10-24(11-17-28)32-23-6-12-26-13-7-23/h2-7,12-13,22,24H,8-11,14-18H2,1H3,(H,27,30). The molecule has 1 aromatic carbocycles. The van der Waals surface area contributed by atoms with Gasteiger partial charge in [-0.05, 0) is 55.5 Å². The van der Waals surface area contributed by atoms with E-state index in [1.807, 2.05) is 41.3 Å². The third-order valence-electron chi connectivity index (χ3n) is 6.39. The summed E-state index contributed by atoms with van der Waals surface area (Å²) in [6.45, 7) is 5.23. The van der Waals surface area contributed by atoms with Crippen LogP contribution in [0.4, 0.5) is 5.69 Å². The molecule has 2 amide bonds. The minimum absolute atomic E-state index is 0.0952. The second-order valence-electron chi connectivity index (χ2n) is 8.70. The molecule has 32 heavy (non-hydrogen) atoms. The zero-order chi connectivity index (χ0) is 22.3. The zero-order valence-corrected chi connectivity index (χ0v) is 18.7. The van der Waals surface area contributed by atoms with Gasteiger partial charge in [-0.1, -0.05) is 12.1 Å². The number of hydrogen-bond acceptors (Lipinski definition) is 5. The molecule has 2 aromatic rings. The molecule has 3 heterocycles. The van der Waals surface area contributed by atoms with Gasteiger partial charge in [-0.25, -0.2) is 0 Å². The quantitative estimate of drug-likeness (QED) is 0.753. The maximum absolute atomic E-state index is 12.8. The van der Waals surface area contributed by atoms with Crippen LogP contribution in [0.25, 0.3) is 0 Å². The van der Waals surface area contributed by atoms with Crippen molar-refractivity contribution < 1.29 is 14.3 Å². The van der Waals surface area contributed by atoms with Gasteiger partial charge in [0, 0.05) is 57.2 Å². The second-order valence-corrected chi connectivity index (χ2v) is 8.70. The van der Waals surface area contributed by atoms with Crippen LogP contribution in [-0.2, 0) is 16.0 Å². The fraction of sp³-hybridized carbons (Fsp3) is 0.480. The maximum atomic E-state index is 12.8. The van der Waals surface area contributed by atoms with Gasteiger partial charge in [0.2, 0.25) is 11.8 Å². The number of rotatable bonds is 6. The van der Waals surface area contributed by atoms with Crippen LogP contribution in [0.1, 0.15) is 38.2 Å². The number of likely N-dealkylation sites (tertiary alicyclic amines) is 2. The lowest BCUT2D eigenvalue weighted by atomic mass is 9.98. The SMILES string of the molecule is CC(=O)Nc1ccc(CC(=O)N2CCC(N3CCC(Oc4ccncc4)CC3)CC2)cc1. The summed E-state index contributed by atoms with van der Waals surface area (Å²) in [5, 5.41) is 2.75. The Morgan fingerprint density at radius 3 is 2.25 bits per heavy atom. The van der Waals surface area contributed by atoms with Crippen LogP contribution in [-0.4, -0.2) is 64.9 Å². The number of aromatic nitrogens is 1. The highest BCUT2D eigenvalue weighted by Gasteiger charge is 2.30. The van der Waals surface area contributed by atoms with E-state index in [4.69, 9.17) is 4.74 Å². The summed E-state index contributed by atoms with van der Waals surface area (Å²) < 4.78 is 6.08. The molecule has 7 heteroatoms. The van der Waals surface area contributed by atoms with Gasteiger partial charge < -0.3 is 15.0 Å². The molecule has 1 N–H and O–H groups in total. The Morgan fingerprint density at radius 2 is 1.62 bits per heavy atom. The van der Waals surface area contributed by atoms with Gasteiger partial charge in [0.05, 0.1) is 6.42 Å². The number of benzene rings is 1. The van der Waals surface area contributed by atoms with Crippen molar-refractivity contribution >= 4 is 17.5 Å². The Balaban J connectivity index is 1.19. The Kier molecular flexibility index (Phi) is 7.37. The largest absolute Gasteiger partial charge is 0.490 e. The summed E-state index contributed by atoms with van der Waals surface area (Å²) in [4.78, 5) is 32.5. The third kappa shape index (κ3) is 6.07. The van der Waals surface area contributed by atoms with E-state index < -0.39 is 0 Å². The number of hydrogen-bond donors (Lipinski definition) is 1. The molecule has 0 saturated carbocycles. The topological polar surface area (TPSA) is 74.8 Å². The highest BCUT2D eigenvalue weighted by Crippen LogP contribution is 2.24. The Bertz CT molecular complexity index is 887. The molecule has 0 radical (unpaired) electrons. The summed E-state index contributed by atoms with van der Waals surface area (Å²) >= 11 is 0. The fourth-order valence-electron chi connectivity index (χ4n) is 4.64. The van der Waals surface area contributed by atoms with Crippen LogP contribution in [0.2, 0.25) is 0 Å². The summed E-state index contributed by atoms with van der Waals surface area (Å²) in [6.07, 6.45) is 8.34. The predicted molar refractivity (Wildman–Crippen MR) is 124 cm³/mol. The number of nitrogens with one attached hydrogen (secondary N) is 1. The predicted octanol–water partition coefficient (Wildman–Crippen LogP) is 3.12. The third-order valence-corrected chi connectivity index (χ3v) is 6.39. The molecule has 7 nitrogen and oxygen atoms in total. The van der Waals surface area contributed by atoms with E-state index >= 15 is 0 Å². The Labute approximate surface area is 189 Å². The highest BCUT2D eigenvalue weighted by atomic mass is 16.5. The average molecular weight is 437 g/mol. The van der Waals surface area contributed by atoms with Crippen molar-refractivity contribution in [2.24, 2.45) is 0 Å². The number of amides is 2. The first-order valence-corrected chi connectivity index (χ1v) is 11.5. The Hall–Kier alpha value is -2.93. The number of carbonyl (C=O) groups excluding carboxylic acids is 2. The molecular formula is C25H32N4O3. The molecule has 2 aliphatic heterocycles. The van der Waals surface area contributed by atoms with Crippen LogP contribution in [0.15, 0.2) is 48.8 Å². The van der Waals surface area contributed by atoms with Crippen molar-refractivity contribution in [2.45, 2.75) is 51.2 Å². The molecule has 2 saturated heterocycles. The second kappa shape index (κ2) is 10.6. The molecule has 2 aliphatic rings. The fourth-order valence-corrected chi connectivity index (χ4v) is 4.64. The van der Waals surface area contributed by atoms with E-state index in [-0.39, 0.29) is 17.9 Å². The molecule has 0 aliphatic carbocycles. The summed E-state index contributed by atoms with van der Waals surface area (Å²) in [5.41, 5.74) is 1.73. The van der Waals surface area contributed by atoms with Gasteiger partial charge in [0.1, 0.15) is 11.9 Å². The zero-order valence-electron chi connectivity index (χ0n) is 18.7. The van der Waals surface area contributed by atoms with Gasteiger partial charge in [-0.3, -0.25) is 19.5 Å². The van der Waals surface area contributed by atoms with E-state index in [9.17, 15) is 9.59 Å². The van der Waals surface area contributed by atoms with Gasteiger partial charge in [0.25, 0.3) is 0 Å². The number of carbonyl (C=O) groups is 2. The van der Waals surface area contributed by atoms with Crippen molar-refractivity contribution in [3.05, 3.63) is 54.4 Å². The van der Waals surface area contributed by atoms with Crippen molar-refractivity contribution in [2.75, 3.05) is 31.5 Å². The van der Waals surface area contributed by atoms with Gasteiger partial charge in [0.15, 0.2) is 0 Å². The lowest BCUT2D eigenvalue weighted by Gasteiger charge is -2.41. The number of pyridine rings is 1. The average Bonchev–Trinajstić information content (AvgIpc) is 2.81. The Morgan fingerprint density at radius 1 is 0.969 bits per heavy atom. The van der Waals surface area contributed by atoms with Gasteiger partial charge in [-0.15, -0.1) is 0 Å². The lowest BCUT2D eigenvalue weighted by Crippen LogP contribution is -2.50. The summed E-state index contributed by atoms with van der Waals surface area (Å²) in [7, 11) is 0. The first kappa shape index (κ1) is 22.3. The normalized spacial score (nSPS) is 18.3. The molecule has 0 spiro atoms. The van der Waals surface area contributed by atoms with Crippen LogP contribution >= 0.6 is 0 Å². The minimum Gasteiger partial charge on any atom is -0.490 e. The number of anilines is 1. The molecule has 0 unspecified atom stereocenters. The van der Waals surface area contributed by atoms with Crippen molar-refractivity contribution in [1.82, 2.24) is 14.8 Å². The van der Waals surface area contributed by atoms with Crippen LogP contribution < -0.4 is 10.1 Å². The molecule has 0 bridgehead atoms. The van der Waals surface area contributed by atoms with Gasteiger partial charge in [-0.2, -0.15) is 0 Å². The van der Waals surface area contributed by atoms with Crippen molar-refractivity contribution in [1.29, 1.82) is 0 Å². The molecule has 1 aromatic heterocycles. The molecule has 2 fully saturated rings. The van der Waals surface area contributed by atoms with Gasteiger partial charge >= 0.3 is 0 Å². The van der Waals surface area contributed by atoms with Crippen molar-refractivity contribution in [3.63, 3.8) is 0 Å².